The lowest BCUT2D eigenvalue weighted by molar-refractivity contribution is 0.0990. The first-order chi connectivity index (χ1) is 16.5. The highest BCUT2D eigenvalue weighted by Gasteiger charge is 2.28. The van der Waals surface area contributed by atoms with E-state index in [1.807, 2.05) is 31.2 Å². The van der Waals surface area contributed by atoms with Gasteiger partial charge in [0.15, 0.2) is 17.3 Å². The Balaban J connectivity index is 1.96. The fraction of sp³-hybridized carbons (Fsp3) is 0.129. The topological polar surface area (TPSA) is 51.2 Å². The van der Waals surface area contributed by atoms with Gasteiger partial charge >= 0.3 is 0 Å². The number of carbonyl (C=O) groups excluding carboxylic acids is 3. The standard InChI is InChI=1S/C31H26O3/c1-3-21-15-17-25(18-16-21)29(32)26-20-19-22(4-2)27(30(33)23-11-7-5-8-12-23)28(26)31(34)24-13-9-6-10-14-24/h5-20H,3-4H2,1-2H3. The molecule has 0 atom stereocenters. The summed E-state index contributed by atoms with van der Waals surface area (Å²) >= 11 is 0. The minimum absolute atomic E-state index is 0.170. The summed E-state index contributed by atoms with van der Waals surface area (Å²) in [5, 5.41) is 0. The molecule has 34 heavy (non-hydrogen) atoms. The Labute approximate surface area is 200 Å². The Hall–Kier alpha value is -4.11. The van der Waals surface area contributed by atoms with Crippen molar-refractivity contribution in [2.45, 2.75) is 26.7 Å². The number of hydrogen-bond donors (Lipinski definition) is 0. The van der Waals surface area contributed by atoms with Crippen molar-refractivity contribution in [3.05, 3.63) is 142 Å². The zero-order chi connectivity index (χ0) is 24.1. The van der Waals surface area contributed by atoms with Gasteiger partial charge in [0.25, 0.3) is 0 Å². The van der Waals surface area contributed by atoms with Crippen molar-refractivity contribution in [3.8, 4) is 0 Å². The van der Waals surface area contributed by atoms with Crippen LogP contribution in [0, 0.1) is 0 Å². The number of rotatable bonds is 8. The van der Waals surface area contributed by atoms with Gasteiger partial charge in [-0.3, -0.25) is 14.4 Å². The molecule has 0 spiro atoms. The lowest BCUT2D eigenvalue weighted by atomic mass is 9.83. The first kappa shape index (κ1) is 23.1. The minimum atomic E-state index is -0.330. The molecule has 168 valence electrons. The van der Waals surface area contributed by atoms with Crippen LogP contribution in [-0.2, 0) is 12.8 Å². The van der Waals surface area contributed by atoms with E-state index in [9.17, 15) is 14.4 Å². The van der Waals surface area contributed by atoms with Gasteiger partial charge in [-0.25, -0.2) is 0 Å². The molecule has 0 fully saturated rings. The van der Waals surface area contributed by atoms with E-state index < -0.39 is 0 Å². The van der Waals surface area contributed by atoms with Crippen LogP contribution in [0.3, 0.4) is 0 Å². The Kier molecular flexibility index (Phi) is 6.93. The van der Waals surface area contributed by atoms with Crippen molar-refractivity contribution in [1.29, 1.82) is 0 Å². The van der Waals surface area contributed by atoms with E-state index >= 15 is 0 Å². The summed E-state index contributed by atoms with van der Waals surface area (Å²) < 4.78 is 0. The Morgan fingerprint density at radius 2 is 1.00 bits per heavy atom. The average Bonchev–Trinajstić information content (AvgIpc) is 2.92. The van der Waals surface area contributed by atoms with Crippen LogP contribution in [0.1, 0.15) is 72.7 Å². The quantitative estimate of drug-likeness (QED) is 0.290. The molecule has 0 radical (unpaired) electrons. The van der Waals surface area contributed by atoms with Gasteiger partial charge in [0, 0.05) is 33.4 Å². The summed E-state index contributed by atoms with van der Waals surface area (Å²) in [6, 6.07) is 28.6. The van der Waals surface area contributed by atoms with Crippen LogP contribution in [-0.4, -0.2) is 17.3 Å². The van der Waals surface area contributed by atoms with Crippen molar-refractivity contribution in [3.63, 3.8) is 0 Å². The molecule has 0 saturated heterocycles. The van der Waals surface area contributed by atoms with Crippen LogP contribution >= 0.6 is 0 Å². The molecule has 4 aromatic rings. The zero-order valence-electron chi connectivity index (χ0n) is 19.4. The second-order valence-electron chi connectivity index (χ2n) is 8.15. The molecular formula is C31H26O3. The first-order valence-electron chi connectivity index (χ1n) is 11.5. The van der Waals surface area contributed by atoms with Gasteiger partial charge in [0.1, 0.15) is 0 Å². The molecule has 3 heteroatoms. The zero-order valence-corrected chi connectivity index (χ0v) is 19.4. The van der Waals surface area contributed by atoms with Crippen LogP contribution in [0.25, 0.3) is 0 Å². The van der Waals surface area contributed by atoms with E-state index in [0.29, 0.717) is 28.7 Å². The maximum Gasteiger partial charge on any atom is 0.194 e. The van der Waals surface area contributed by atoms with Crippen molar-refractivity contribution >= 4 is 17.3 Å². The van der Waals surface area contributed by atoms with E-state index in [2.05, 4.69) is 6.92 Å². The van der Waals surface area contributed by atoms with Gasteiger partial charge in [-0.05, 0) is 30.0 Å². The maximum absolute atomic E-state index is 13.8. The fourth-order valence-electron chi connectivity index (χ4n) is 4.14. The molecular weight excluding hydrogens is 420 g/mol. The van der Waals surface area contributed by atoms with E-state index in [4.69, 9.17) is 0 Å². The van der Waals surface area contributed by atoms with Crippen molar-refractivity contribution in [2.24, 2.45) is 0 Å². The van der Waals surface area contributed by atoms with Crippen LogP contribution in [0.15, 0.2) is 97.1 Å². The number of carbonyl (C=O) groups is 3. The molecule has 0 saturated carbocycles. The van der Waals surface area contributed by atoms with Gasteiger partial charge in [-0.15, -0.1) is 0 Å². The molecule has 0 N–H and O–H groups in total. The molecule has 0 aliphatic heterocycles. The van der Waals surface area contributed by atoms with Crippen LogP contribution in [0.5, 0.6) is 0 Å². The normalized spacial score (nSPS) is 10.6. The largest absolute Gasteiger partial charge is 0.289 e. The lowest BCUT2D eigenvalue weighted by Gasteiger charge is -2.17. The van der Waals surface area contributed by atoms with Gasteiger partial charge in [0.2, 0.25) is 0 Å². The number of aryl methyl sites for hydroxylation is 2. The third-order valence-electron chi connectivity index (χ3n) is 6.07. The number of benzene rings is 4. The van der Waals surface area contributed by atoms with E-state index in [-0.39, 0.29) is 28.5 Å². The Bertz CT molecular complexity index is 1340. The Morgan fingerprint density at radius 3 is 1.50 bits per heavy atom. The van der Waals surface area contributed by atoms with Crippen molar-refractivity contribution < 1.29 is 14.4 Å². The summed E-state index contributed by atoms with van der Waals surface area (Å²) in [5.74, 6) is -0.858. The van der Waals surface area contributed by atoms with Gasteiger partial charge in [-0.2, -0.15) is 0 Å². The molecule has 0 bridgehead atoms. The third-order valence-corrected chi connectivity index (χ3v) is 6.07. The predicted octanol–water partition coefficient (Wildman–Crippen LogP) is 6.50. The van der Waals surface area contributed by atoms with Crippen molar-refractivity contribution in [2.75, 3.05) is 0 Å². The van der Waals surface area contributed by atoms with Crippen molar-refractivity contribution in [1.82, 2.24) is 0 Å². The summed E-state index contributed by atoms with van der Waals surface area (Å²) in [7, 11) is 0. The van der Waals surface area contributed by atoms with Gasteiger partial charge in [0.05, 0.1) is 0 Å². The maximum atomic E-state index is 13.8. The van der Waals surface area contributed by atoms with Gasteiger partial charge < -0.3 is 0 Å². The molecule has 0 heterocycles. The SMILES string of the molecule is CCc1ccc(C(=O)c2ccc(CC)c(C(=O)c3ccccc3)c2C(=O)c2ccccc2)cc1. The molecule has 0 aliphatic carbocycles. The minimum Gasteiger partial charge on any atom is -0.289 e. The van der Waals surface area contributed by atoms with Crippen LogP contribution in [0.4, 0.5) is 0 Å². The molecule has 0 aromatic heterocycles. The summed E-state index contributed by atoms with van der Waals surface area (Å²) in [4.78, 5) is 41.2. The molecule has 0 unspecified atom stereocenters. The predicted molar refractivity (Wildman–Crippen MR) is 135 cm³/mol. The monoisotopic (exact) mass is 446 g/mol. The average molecular weight is 447 g/mol. The first-order valence-corrected chi connectivity index (χ1v) is 11.5. The van der Waals surface area contributed by atoms with E-state index in [1.54, 1.807) is 72.8 Å². The third kappa shape index (κ3) is 4.51. The van der Waals surface area contributed by atoms with Crippen LogP contribution in [0.2, 0.25) is 0 Å². The lowest BCUT2D eigenvalue weighted by Crippen LogP contribution is -2.19. The summed E-state index contributed by atoms with van der Waals surface area (Å²) in [6.07, 6.45) is 1.43. The molecule has 3 nitrogen and oxygen atoms in total. The summed E-state index contributed by atoms with van der Waals surface area (Å²) in [5.41, 5.74) is 3.99. The van der Waals surface area contributed by atoms with E-state index in [1.165, 1.54) is 0 Å². The molecule has 0 aliphatic rings. The number of hydrogen-bond acceptors (Lipinski definition) is 3. The second-order valence-corrected chi connectivity index (χ2v) is 8.15. The van der Waals surface area contributed by atoms with Gasteiger partial charge in [-0.1, -0.05) is 105 Å². The highest BCUT2D eigenvalue weighted by Crippen LogP contribution is 2.28. The Morgan fingerprint density at radius 1 is 0.500 bits per heavy atom. The van der Waals surface area contributed by atoms with E-state index in [0.717, 1.165) is 17.5 Å². The van der Waals surface area contributed by atoms with Crippen LogP contribution < -0.4 is 0 Å². The molecule has 4 rings (SSSR count). The highest BCUT2D eigenvalue weighted by molar-refractivity contribution is 6.26. The fourth-order valence-corrected chi connectivity index (χ4v) is 4.14. The second kappa shape index (κ2) is 10.2. The summed E-state index contributed by atoms with van der Waals surface area (Å²) in [6.45, 7) is 4.00. The highest BCUT2D eigenvalue weighted by atomic mass is 16.1. The molecule has 0 amide bonds. The molecule has 4 aromatic carbocycles. The number of ketones is 3. The smallest absolute Gasteiger partial charge is 0.194 e.